The molecule has 1 heterocycles. The first-order chi connectivity index (χ1) is 10.0. The van der Waals surface area contributed by atoms with Crippen molar-refractivity contribution in [2.45, 2.75) is 64.8 Å². The maximum Gasteiger partial charge on any atom is 0.0897 e. The highest BCUT2D eigenvalue weighted by atomic mass is 32.1. The average molecular weight is 305 g/mol. The van der Waals surface area contributed by atoms with E-state index in [1.54, 1.807) is 11.3 Å². The molecule has 0 aliphatic heterocycles. The van der Waals surface area contributed by atoms with Gasteiger partial charge in [-0.15, -0.1) is 11.3 Å². The molecule has 116 valence electrons. The molecule has 1 aromatic heterocycles. The molecule has 2 nitrogen and oxygen atoms in total. The molecule has 0 saturated heterocycles. The van der Waals surface area contributed by atoms with Gasteiger partial charge in [-0.1, -0.05) is 6.92 Å². The minimum absolute atomic E-state index is 0.547. The second-order valence-electron chi connectivity index (χ2n) is 8.54. The standard InChI is InChI=1S/C18H28N2S/c1-12-20-15(10-21-12)5-16(19-3)18-8-13-4-14(9-18)7-17(2,6-13)11-18/h10,13-14,16,19H,4-9,11H2,1-3H3. The summed E-state index contributed by atoms with van der Waals surface area (Å²) in [5, 5.41) is 7.17. The molecule has 4 saturated carbocycles. The number of nitrogens with zero attached hydrogens (tertiary/aromatic N) is 1. The Morgan fingerprint density at radius 3 is 2.57 bits per heavy atom. The fourth-order valence-electron chi connectivity index (χ4n) is 6.54. The molecule has 0 radical (unpaired) electrons. The third-order valence-corrected chi connectivity index (χ3v) is 7.39. The largest absolute Gasteiger partial charge is 0.316 e. The number of hydrogen-bond acceptors (Lipinski definition) is 3. The predicted molar refractivity (Wildman–Crippen MR) is 88.6 cm³/mol. The van der Waals surface area contributed by atoms with Crippen molar-refractivity contribution in [3.8, 4) is 0 Å². The Kier molecular flexibility index (Phi) is 3.24. The van der Waals surface area contributed by atoms with Gasteiger partial charge >= 0.3 is 0 Å². The number of hydrogen-bond donors (Lipinski definition) is 1. The van der Waals surface area contributed by atoms with E-state index in [-0.39, 0.29) is 0 Å². The molecule has 1 N–H and O–H groups in total. The average Bonchev–Trinajstić information content (AvgIpc) is 2.78. The molecule has 0 aromatic carbocycles. The minimum Gasteiger partial charge on any atom is -0.316 e. The van der Waals surface area contributed by atoms with Crippen molar-refractivity contribution in [3.63, 3.8) is 0 Å². The van der Waals surface area contributed by atoms with Crippen LogP contribution in [0.2, 0.25) is 0 Å². The summed E-state index contributed by atoms with van der Waals surface area (Å²) < 4.78 is 0. The van der Waals surface area contributed by atoms with Crippen molar-refractivity contribution in [3.05, 3.63) is 16.1 Å². The second-order valence-corrected chi connectivity index (χ2v) is 9.60. The van der Waals surface area contributed by atoms with Gasteiger partial charge in [-0.05, 0) is 75.2 Å². The van der Waals surface area contributed by atoms with E-state index >= 15 is 0 Å². The summed E-state index contributed by atoms with van der Waals surface area (Å²) >= 11 is 1.79. The van der Waals surface area contributed by atoms with Crippen LogP contribution in [-0.4, -0.2) is 18.1 Å². The Morgan fingerprint density at radius 2 is 2.05 bits per heavy atom. The highest BCUT2D eigenvalue weighted by Gasteiger charge is 2.57. The minimum atomic E-state index is 0.547. The number of likely N-dealkylation sites (N-methyl/N-ethyl adjacent to an activating group) is 1. The van der Waals surface area contributed by atoms with E-state index in [0.29, 0.717) is 16.9 Å². The van der Waals surface area contributed by atoms with E-state index in [4.69, 9.17) is 4.98 Å². The van der Waals surface area contributed by atoms with Gasteiger partial charge in [0.05, 0.1) is 10.7 Å². The Morgan fingerprint density at radius 1 is 1.33 bits per heavy atom. The van der Waals surface area contributed by atoms with E-state index in [0.717, 1.165) is 18.3 Å². The van der Waals surface area contributed by atoms with Crippen molar-refractivity contribution in [2.75, 3.05) is 7.05 Å². The Hall–Kier alpha value is -0.410. The van der Waals surface area contributed by atoms with E-state index in [2.05, 4.69) is 31.6 Å². The van der Waals surface area contributed by atoms with Crippen LogP contribution in [0.1, 0.15) is 56.2 Å². The van der Waals surface area contributed by atoms with Crippen molar-refractivity contribution in [1.82, 2.24) is 10.3 Å². The van der Waals surface area contributed by atoms with E-state index in [1.165, 1.54) is 49.2 Å². The number of thiazole rings is 1. The number of nitrogens with one attached hydrogen (secondary N) is 1. The van der Waals surface area contributed by atoms with Crippen LogP contribution in [0.3, 0.4) is 0 Å². The molecule has 5 rings (SSSR count). The first-order valence-electron chi connectivity index (χ1n) is 8.59. The Labute approximate surface area is 132 Å². The van der Waals surface area contributed by atoms with Gasteiger partial charge in [-0.3, -0.25) is 0 Å². The van der Waals surface area contributed by atoms with Crippen LogP contribution >= 0.6 is 11.3 Å². The van der Waals surface area contributed by atoms with Crippen molar-refractivity contribution < 1.29 is 0 Å². The van der Waals surface area contributed by atoms with Gasteiger partial charge < -0.3 is 5.32 Å². The van der Waals surface area contributed by atoms with Crippen molar-refractivity contribution in [1.29, 1.82) is 0 Å². The lowest BCUT2D eigenvalue weighted by Crippen LogP contribution is -2.58. The smallest absolute Gasteiger partial charge is 0.0897 e. The van der Waals surface area contributed by atoms with Gasteiger partial charge in [0.25, 0.3) is 0 Å². The zero-order valence-electron chi connectivity index (χ0n) is 13.6. The molecule has 4 aliphatic carbocycles. The van der Waals surface area contributed by atoms with Gasteiger partial charge in [0, 0.05) is 17.8 Å². The molecule has 4 fully saturated rings. The van der Waals surface area contributed by atoms with Gasteiger partial charge in [-0.25, -0.2) is 4.98 Å². The molecular weight excluding hydrogens is 276 g/mol. The van der Waals surface area contributed by atoms with Crippen molar-refractivity contribution >= 4 is 11.3 Å². The molecule has 4 aliphatic rings. The molecular formula is C18H28N2S. The quantitative estimate of drug-likeness (QED) is 0.902. The molecule has 3 atom stereocenters. The third-order valence-electron chi connectivity index (χ3n) is 6.57. The van der Waals surface area contributed by atoms with Crippen LogP contribution in [0.25, 0.3) is 0 Å². The van der Waals surface area contributed by atoms with E-state index in [9.17, 15) is 0 Å². The first kappa shape index (κ1) is 14.2. The summed E-state index contributed by atoms with van der Waals surface area (Å²) in [6.07, 6.45) is 10.0. The molecule has 0 spiro atoms. The summed E-state index contributed by atoms with van der Waals surface area (Å²) in [5.74, 6) is 2.01. The summed E-state index contributed by atoms with van der Waals surface area (Å²) in [6.45, 7) is 4.69. The maximum atomic E-state index is 4.72. The lowest BCUT2D eigenvalue weighted by molar-refractivity contribution is -0.117. The zero-order valence-corrected chi connectivity index (χ0v) is 14.4. The van der Waals surface area contributed by atoms with Gasteiger partial charge in [0.2, 0.25) is 0 Å². The van der Waals surface area contributed by atoms with Crippen LogP contribution in [0.5, 0.6) is 0 Å². The Balaban J connectivity index is 1.60. The fraction of sp³-hybridized carbons (Fsp3) is 0.833. The SMILES string of the molecule is CNC(Cc1csc(C)n1)C12CC3CC(CC(C)(C3)C1)C2. The number of rotatable bonds is 4. The second kappa shape index (κ2) is 4.79. The van der Waals surface area contributed by atoms with Gasteiger partial charge in [0.15, 0.2) is 0 Å². The van der Waals surface area contributed by atoms with Gasteiger partial charge in [0.1, 0.15) is 0 Å². The molecule has 4 bridgehead atoms. The van der Waals surface area contributed by atoms with Crippen LogP contribution in [0.4, 0.5) is 0 Å². The summed E-state index contributed by atoms with van der Waals surface area (Å²) in [5.41, 5.74) is 2.49. The monoisotopic (exact) mass is 304 g/mol. The van der Waals surface area contributed by atoms with Crippen LogP contribution in [0, 0.1) is 29.6 Å². The number of aromatic nitrogens is 1. The summed E-state index contributed by atoms with van der Waals surface area (Å²) in [4.78, 5) is 4.72. The molecule has 21 heavy (non-hydrogen) atoms. The van der Waals surface area contributed by atoms with Crippen LogP contribution in [-0.2, 0) is 6.42 Å². The lowest BCUT2D eigenvalue weighted by atomic mass is 9.43. The Bertz CT molecular complexity index is 521. The third kappa shape index (κ3) is 2.37. The lowest BCUT2D eigenvalue weighted by Gasteiger charge is -2.63. The highest BCUT2D eigenvalue weighted by Crippen LogP contribution is 2.66. The first-order valence-corrected chi connectivity index (χ1v) is 9.47. The predicted octanol–water partition coefficient (Wildman–Crippen LogP) is 4.19. The highest BCUT2D eigenvalue weighted by molar-refractivity contribution is 7.09. The fourth-order valence-corrected chi connectivity index (χ4v) is 7.17. The summed E-state index contributed by atoms with van der Waals surface area (Å²) in [7, 11) is 2.17. The molecule has 0 amide bonds. The summed E-state index contributed by atoms with van der Waals surface area (Å²) in [6, 6.07) is 0.615. The van der Waals surface area contributed by atoms with E-state index < -0.39 is 0 Å². The topological polar surface area (TPSA) is 24.9 Å². The zero-order chi connectivity index (χ0) is 14.7. The molecule has 1 aromatic rings. The van der Waals surface area contributed by atoms with Crippen molar-refractivity contribution in [2.24, 2.45) is 22.7 Å². The normalized spacial score (nSPS) is 42.4. The maximum absolute atomic E-state index is 4.72. The van der Waals surface area contributed by atoms with E-state index in [1.807, 2.05) is 0 Å². The van der Waals surface area contributed by atoms with Gasteiger partial charge in [-0.2, -0.15) is 0 Å². The molecule has 3 heteroatoms. The van der Waals surface area contributed by atoms with Crippen LogP contribution < -0.4 is 5.32 Å². The number of aryl methyl sites for hydroxylation is 1. The molecule has 3 unspecified atom stereocenters. The van der Waals surface area contributed by atoms with Crippen LogP contribution in [0.15, 0.2) is 5.38 Å².